The van der Waals surface area contributed by atoms with E-state index >= 15 is 0 Å². The molecule has 0 radical (unpaired) electrons. The van der Waals surface area contributed by atoms with E-state index in [9.17, 15) is 8.42 Å². The molecule has 4 N–H and O–H groups in total. The van der Waals surface area contributed by atoms with Crippen molar-refractivity contribution in [3.8, 4) is 11.5 Å². The van der Waals surface area contributed by atoms with E-state index in [4.69, 9.17) is 21.1 Å². The van der Waals surface area contributed by atoms with E-state index in [1.165, 1.54) is 12.1 Å². The first kappa shape index (κ1) is 23.6. The van der Waals surface area contributed by atoms with Gasteiger partial charge in [0.15, 0.2) is 5.03 Å². The molecule has 0 aliphatic rings. The average Bonchev–Trinajstić information content (AvgIpc) is 2.71. The van der Waals surface area contributed by atoms with Crippen molar-refractivity contribution in [2.45, 2.75) is 44.9 Å². The van der Waals surface area contributed by atoms with Gasteiger partial charge in [0.25, 0.3) is 0 Å². The summed E-state index contributed by atoms with van der Waals surface area (Å²) in [6.45, 7) is 9.59. The number of anilines is 1. The minimum atomic E-state index is -3.93. The molecule has 0 aliphatic carbocycles. The number of methoxy groups -OCH3 is 2. The lowest BCUT2D eigenvalue weighted by molar-refractivity contribution is 0.392. The number of allylic oxidation sites excluding steroid dienone is 1. The van der Waals surface area contributed by atoms with Crippen LogP contribution >= 0.6 is 0 Å². The highest BCUT2D eigenvalue weighted by molar-refractivity contribution is 7.95. The predicted octanol–water partition coefficient (Wildman–Crippen LogP) is 3.61. The molecule has 0 amide bonds. The number of aryl methyl sites for hydroxylation is 1. The van der Waals surface area contributed by atoms with Crippen LogP contribution < -0.4 is 26.1 Å². The molecule has 0 saturated heterocycles. The van der Waals surface area contributed by atoms with Crippen molar-refractivity contribution in [2.24, 2.45) is 11.6 Å². The van der Waals surface area contributed by atoms with Crippen LogP contribution in [-0.4, -0.2) is 22.6 Å². The quantitative estimate of drug-likeness (QED) is 0.529. The number of nitrogens with two attached hydrogens (primary N) is 2. The maximum atomic E-state index is 13.1. The molecule has 0 bridgehead atoms. The lowest BCUT2D eigenvalue weighted by atomic mass is 9.87. The Morgan fingerprint density at radius 3 is 2.00 bits per heavy atom. The predicted molar refractivity (Wildman–Crippen MR) is 120 cm³/mol. The van der Waals surface area contributed by atoms with Gasteiger partial charge in [-0.15, -0.1) is 0 Å². The third-order valence-corrected chi connectivity index (χ3v) is 6.76. The van der Waals surface area contributed by atoms with Crippen LogP contribution in [0, 0.1) is 6.92 Å². The Labute approximate surface area is 179 Å². The second-order valence-corrected chi connectivity index (χ2v) is 10.0. The van der Waals surface area contributed by atoms with E-state index < -0.39 is 9.84 Å². The first-order valence-corrected chi connectivity index (χ1v) is 10.9. The summed E-state index contributed by atoms with van der Waals surface area (Å²) in [5.74, 6) is 7.30. The van der Waals surface area contributed by atoms with E-state index in [1.54, 1.807) is 50.4 Å². The van der Waals surface area contributed by atoms with Crippen LogP contribution in [0.4, 0.5) is 5.69 Å². The third-order valence-electron chi connectivity index (χ3n) is 4.99. The molecule has 2 aromatic rings. The van der Waals surface area contributed by atoms with Crippen molar-refractivity contribution in [2.75, 3.05) is 19.2 Å². The zero-order valence-corrected chi connectivity index (χ0v) is 19.4. The van der Waals surface area contributed by atoms with E-state index in [2.05, 4.69) is 20.8 Å². The molecule has 2 aromatic carbocycles. The summed E-state index contributed by atoms with van der Waals surface area (Å²) < 4.78 is 36.9. The molecule has 0 heterocycles. The Balaban J connectivity index is 2.50. The van der Waals surface area contributed by atoms with Crippen molar-refractivity contribution in [1.82, 2.24) is 0 Å². The third kappa shape index (κ3) is 4.55. The molecule has 164 valence electrons. The van der Waals surface area contributed by atoms with Crippen LogP contribution in [-0.2, 0) is 15.3 Å². The topological polar surface area (TPSA) is 108 Å². The molecule has 0 aromatic heterocycles. The van der Waals surface area contributed by atoms with Gasteiger partial charge in [-0.05, 0) is 48.6 Å². The fourth-order valence-electron chi connectivity index (χ4n) is 2.98. The summed E-state index contributed by atoms with van der Waals surface area (Å²) in [5, 5.41) is 0.880. The number of hydrogen-bond donors (Lipinski definition) is 2. The molecule has 0 aliphatic heterocycles. The van der Waals surface area contributed by atoms with Crippen LogP contribution in [0.3, 0.4) is 0 Å². The number of hydrogen-bond acceptors (Lipinski definition) is 7. The molecule has 0 fully saturated rings. The standard InChI is InChI=1S/C22H31N3O4S/c1-14-12-18(20(29-7)13-19(14)28-6)25(24)15(2)21(23)30(26,27)17-10-8-16(9-11-17)22(3,4)5/h8-13H,23-24H2,1-7H3/b21-15+. The van der Waals surface area contributed by atoms with Gasteiger partial charge < -0.3 is 15.2 Å². The molecule has 0 unspecified atom stereocenters. The highest BCUT2D eigenvalue weighted by atomic mass is 32.2. The molecular formula is C22H31N3O4S. The smallest absolute Gasteiger partial charge is 0.223 e. The fraction of sp³-hybridized carbons (Fsp3) is 0.364. The molecule has 0 atom stereocenters. The van der Waals surface area contributed by atoms with Gasteiger partial charge in [0.05, 0.1) is 30.5 Å². The van der Waals surface area contributed by atoms with E-state index in [0.29, 0.717) is 17.2 Å². The number of rotatable bonds is 6. The van der Waals surface area contributed by atoms with Gasteiger partial charge in [0.2, 0.25) is 9.84 Å². The largest absolute Gasteiger partial charge is 0.496 e. The SMILES string of the molecule is COc1cc(OC)c(N(N)/C(C)=C(\N)S(=O)(=O)c2ccc(C(C)(C)C)cc2)cc1C. The van der Waals surface area contributed by atoms with Crippen LogP contribution in [0.2, 0.25) is 0 Å². The van der Waals surface area contributed by atoms with Crippen molar-refractivity contribution < 1.29 is 17.9 Å². The van der Waals surface area contributed by atoms with Crippen LogP contribution in [0.15, 0.2) is 52.0 Å². The summed E-state index contributed by atoms with van der Waals surface area (Å²) in [5.41, 5.74) is 8.48. The lowest BCUT2D eigenvalue weighted by Gasteiger charge is -2.24. The van der Waals surface area contributed by atoms with Gasteiger partial charge in [0, 0.05) is 6.07 Å². The van der Waals surface area contributed by atoms with Gasteiger partial charge in [-0.3, -0.25) is 5.01 Å². The van der Waals surface area contributed by atoms with Crippen LogP contribution in [0.1, 0.15) is 38.8 Å². The Bertz CT molecular complexity index is 1050. The number of nitrogens with zero attached hydrogens (tertiary/aromatic N) is 1. The minimum Gasteiger partial charge on any atom is -0.496 e. The number of ether oxygens (including phenoxy) is 2. The summed E-state index contributed by atoms with van der Waals surface area (Å²) in [7, 11) is -0.871. The zero-order chi connectivity index (χ0) is 22.9. The first-order chi connectivity index (χ1) is 13.8. The van der Waals surface area contributed by atoms with E-state index in [1.807, 2.05) is 6.92 Å². The monoisotopic (exact) mass is 433 g/mol. The van der Waals surface area contributed by atoms with E-state index in [-0.39, 0.29) is 21.0 Å². The van der Waals surface area contributed by atoms with Gasteiger partial charge in [-0.2, -0.15) is 0 Å². The summed E-state index contributed by atoms with van der Waals surface area (Å²) in [6.07, 6.45) is 0. The van der Waals surface area contributed by atoms with Gasteiger partial charge in [-0.1, -0.05) is 32.9 Å². The Kier molecular flexibility index (Phi) is 6.73. The number of sulfone groups is 1. The second kappa shape index (κ2) is 8.57. The first-order valence-electron chi connectivity index (χ1n) is 9.44. The molecular weight excluding hydrogens is 402 g/mol. The van der Waals surface area contributed by atoms with Gasteiger partial charge in [-0.25, -0.2) is 14.3 Å². The Morgan fingerprint density at radius 1 is 1.00 bits per heavy atom. The lowest BCUT2D eigenvalue weighted by Crippen LogP contribution is -2.33. The van der Waals surface area contributed by atoms with Crippen molar-refractivity contribution in [3.05, 3.63) is 58.3 Å². The van der Waals surface area contributed by atoms with Crippen LogP contribution in [0.5, 0.6) is 11.5 Å². The highest BCUT2D eigenvalue weighted by Crippen LogP contribution is 2.36. The zero-order valence-electron chi connectivity index (χ0n) is 18.6. The molecule has 2 rings (SSSR count). The highest BCUT2D eigenvalue weighted by Gasteiger charge is 2.25. The normalized spacial score (nSPS) is 12.9. The maximum Gasteiger partial charge on any atom is 0.223 e. The van der Waals surface area contributed by atoms with Crippen molar-refractivity contribution in [1.29, 1.82) is 0 Å². The second-order valence-electron chi connectivity index (χ2n) is 8.09. The Hall–Kier alpha value is -2.71. The maximum absolute atomic E-state index is 13.1. The van der Waals surface area contributed by atoms with Gasteiger partial charge in [0.1, 0.15) is 11.5 Å². The molecule has 8 heteroatoms. The number of benzene rings is 2. The van der Waals surface area contributed by atoms with Crippen LogP contribution in [0.25, 0.3) is 0 Å². The van der Waals surface area contributed by atoms with Gasteiger partial charge >= 0.3 is 0 Å². The fourth-order valence-corrected chi connectivity index (χ4v) is 4.22. The minimum absolute atomic E-state index is 0.0869. The molecule has 0 spiro atoms. The summed E-state index contributed by atoms with van der Waals surface area (Å²) in [6, 6.07) is 10.2. The molecule has 0 saturated carbocycles. The molecule has 30 heavy (non-hydrogen) atoms. The summed E-state index contributed by atoms with van der Waals surface area (Å²) in [4.78, 5) is 0.110. The number of hydrazine groups is 1. The van der Waals surface area contributed by atoms with Crippen molar-refractivity contribution in [3.63, 3.8) is 0 Å². The van der Waals surface area contributed by atoms with Crippen molar-refractivity contribution >= 4 is 15.5 Å². The Morgan fingerprint density at radius 2 is 1.53 bits per heavy atom. The molecule has 7 nitrogen and oxygen atoms in total. The average molecular weight is 434 g/mol. The summed E-state index contributed by atoms with van der Waals surface area (Å²) >= 11 is 0. The van der Waals surface area contributed by atoms with E-state index in [0.717, 1.165) is 11.1 Å².